The van der Waals surface area contributed by atoms with Crippen LogP contribution in [0.5, 0.6) is 11.5 Å². The third-order valence-corrected chi connectivity index (χ3v) is 4.93. The molecule has 1 atom stereocenters. The SMILES string of the molecule is COc1cc2c(cc1OC)CCN(C(=O)[C@@H](C)SC)CC2. The van der Waals surface area contributed by atoms with Crippen molar-refractivity contribution in [3.05, 3.63) is 23.3 Å². The van der Waals surface area contributed by atoms with Crippen LogP contribution in [0.2, 0.25) is 0 Å². The van der Waals surface area contributed by atoms with Gasteiger partial charge in [-0.15, -0.1) is 0 Å². The molecule has 5 heteroatoms. The van der Waals surface area contributed by atoms with Crippen LogP contribution in [-0.4, -0.2) is 49.6 Å². The van der Waals surface area contributed by atoms with Crippen LogP contribution in [0.25, 0.3) is 0 Å². The number of amides is 1. The molecule has 0 radical (unpaired) electrons. The molecule has 0 saturated carbocycles. The van der Waals surface area contributed by atoms with Gasteiger partial charge in [0.25, 0.3) is 0 Å². The van der Waals surface area contributed by atoms with Gasteiger partial charge < -0.3 is 14.4 Å². The third kappa shape index (κ3) is 3.46. The zero-order valence-electron chi connectivity index (χ0n) is 13.1. The summed E-state index contributed by atoms with van der Waals surface area (Å²) in [4.78, 5) is 14.3. The summed E-state index contributed by atoms with van der Waals surface area (Å²) in [7, 11) is 3.30. The van der Waals surface area contributed by atoms with E-state index in [0.29, 0.717) is 0 Å². The van der Waals surface area contributed by atoms with Crippen LogP contribution >= 0.6 is 11.8 Å². The summed E-state index contributed by atoms with van der Waals surface area (Å²) in [6, 6.07) is 4.08. The largest absolute Gasteiger partial charge is 0.493 e. The van der Waals surface area contributed by atoms with Crippen LogP contribution in [0.15, 0.2) is 12.1 Å². The Bertz CT molecular complexity index is 483. The van der Waals surface area contributed by atoms with Crippen molar-refractivity contribution in [1.82, 2.24) is 4.90 Å². The molecule has 0 fully saturated rings. The Morgan fingerprint density at radius 3 is 2.00 bits per heavy atom. The molecule has 1 amide bonds. The first-order chi connectivity index (χ1) is 10.1. The van der Waals surface area contributed by atoms with Crippen molar-refractivity contribution in [2.75, 3.05) is 33.6 Å². The molecular formula is C16H23NO3S. The number of rotatable bonds is 4. The maximum atomic E-state index is 12.3. The van der Waals surface area contributed by atoms with E-state index in [4.69, 9.17) is 9.47 Å². The lowest BCUT2D eigenvalue weighted by Crippen LogP contribution is -2.38. The number of nitrogens with zero attached hydrogens (tertiary/aromatic N) is 1. The van der Waals surface area contributed by atoms with Crippen LogP contribution in [0.1, 0.15) is 18.1 Å². The molecule has 4 nitrogen and oxygen atoms in total. The van der Waals surface area contributed by atoms with E-state index >= 15 is 0 Å². The van der Waals surface area contributed by atoms with E-state index in [1.165, 1.54) is 11.1 Å². The number of hydrogen-bond donors (Lipinski definition) is 0. The highest BCUT2D eigenvalue weighted by Gasteiger charge is 2.23. The maximum absolute atomic E-state index is 12.3. The lowest BCUT2D eigenvalue weighted by atomic mass is 10.0. The van der Waals surface area contributed by atoms with Gasteiger partial charge in [0.2, 0.25) is 5.91 Å². The Morgan fingerprint density at radius 1 is 1.14 bits per heavy atom. The fraction of sp³-hybridized carbons (Fsp3) is 0.562. The van der Waals surface area contributed by atoms with E-state index < -0.39 is 0 Å². The number of methoxy groups -OCH3 is 2. The lowest BCUT2D eigenvalue weighted by Gasteiger charge is -2.23. The molecule has 0 aromatic heterocycles. The number of carbonyl (C=O) groups excluding carboxylic acids is 1. The molecule has 21 heavy (non-hydrogen) atoms. The Balaban J connectivity index is 2.19. The molecule has 1 aliphatic heterocycles. The second-order valence-electron chi connectivity index (χ2n) is 5.18. The molecule has 0 spiro atoms. The zero-order chi connectivity index (χ0) is 15.4. The normalized spacial score (nSPS) is 15.9. The van der Waals surface area contributed by atoms with Gasteiger partial charge in [-0.2, -0.15) is 11.8 Å². The van der Waals surface area contributed by atoms with Crippen LogP contribution in [-0.2, 0) is 17.6 Å². The Hall–Kier alpha value is -1.36. The summed E-state index contributed by atoms with van der Waals surface area (Å²) in [5.41, 5.74) is 2.50. The van der Waals surface area contributed by atoms with Crippen molar-refractivity contribution in [2.45, 2.75) is 25.0 Å². The van der Waals surface area contributed by atoms with E-state index in [9.17, 15) is 4.79 Å². The number of thioether (sulfide) groups is 1. The van der Waals surface area contributed by atoms with Crippen molar-refractivity contribution < 1.29 is 14.3 Å². The molecule has 0 aliphatic carbocycles. The number of ether oxygens (including phenoxy) is 2. The van der Waals surface area contributed by atoms with Crippen molar-refractivity contribution in [1.29, 1.82) is 0 Å². The van der Waals surface area contributed by atoms with Gasteiger partial charge in [0.05, 0.1) is 19.5 Å². The summed E-state index contributed by atoms with van der Waals surface area (Å²) >= 11 is 1.60. The van der Waals surface area contributed by atoms with Crippen molar-refractivity contribution in [3.63, 3.8) is 0 Å². The molecule has 1 aliphatic rings. The number of carbonyl (C=O) groups is 1. The number of fused-ring (bicyclic) bond motifs is 1. The van der Waals surface area contributed by atoms with Gasteiger partial charge in [-0.3, -0.25) is 4.79 Å². The molecule has 1 heterocycles. The summed E-state index contributed by atoms with van der Waals surface area (Å²) < 4.78 is 10.7. The number of hydrogen-bond acceptors (Lipinski definition) is 4. The van der Waals surface area contributed by atoms with E-state index in [1.807, 2.05) is 30.2 Å². The van der Waals surface area contributed by atoms with Gasteiger partial charge in [-0.05, 0) is 49.3 Å². The van der Waals surface area contributed by atoms with Gasteiger partial charge in [0.1, 0.15) is 0 Å². The highest BCUT2D eigenvalue weighted by atomic mass is 32.2. The smallest absolute Gasteiger partial charge is 0.235 e. The Morgan fingerprint density at radius 2 is 1.62 bits per heavy atom. The molecule has 0 saturated heterocycles. The summed E-state index contributed by atoms with van der Waals surface area (Å²) in [6.45, 7) is 3.51. The average molecular weight is 309 g/mol. The molecule has 1 aromatic carbocycles. The standard InChI is InChI=1S/C16H23NO3S/c1-11(21-4)16(18)17-7-5-12-9-14(19-2)15(20-3)10-13(12)6-8-17/h9-11H,5-8H2,1-4H3/t11-/m1/s1. The first kappa shape index (κ1) is 16.0. The molecule has 0 bridgehead atoms. The Kier molecular flexibility index (Phi) is 5.39. The van der Waals surface area contributed by atoms with Crippen molar-refractivity contribution in [3.8, 4) is 11.5 Å². The molecule has 1 aromatic rings. The highest BCUT2D eigenvalue weighted by molar-refractivity contribution is 7.99. The van der Waals surface area contributed by atoms with Gasteiger partial charge in [-0.1, -0.05) is 0 Å². The first-order valence-electron chi connectivity index (χ1n) is 7.16. The zero-order valence-corrected chi connectivity index (χ0v) is 14.0. The molecule has 116 valence electrons. The fourth-order valence-corrected chi connectivity index (χ4v) is 2.98. The fourth-order valence-electron chi connectivity index (χ4n) is 2.63. The maximum Gasteiger partial charge on any atom is 0.235 e. The van der Waals surface area contributed by atoms with E-state index in [0.717, 1.165) is 37.4 Å². The lowest BCUT2D eigenvalue weighted by molar-refractivity contribution is -0.130. The van der Waals surface area contributed by atoms with Gasteiger partial charge in [0, 0.05) is 13.1 Å². The minimum atomic E-state index is 0.0234. The summed E-state index contributed by atoms with van der Waals surface area (Å²) in [5, 5.41) is 0.0234. The quantitative estimate of drug-likeness (QED) is 0.856. The summed E-state index contributed by atoms with van der Waals surface area (Å²) in [5.74, 6) is 1.75. The molecule has 2 rings (SSSR count). The monoisotopic (exact) mass is 309 g/mol. The van der Waals surface area contributed by atoms with Crippen molar-refractivity contribution >= 4 is 17.7 Å². The van der Waals surface area contributed by atoms with Crippen molar-refractivity contribution in [2.24, 2.45) is 0 Å². The van der Waals surface area contributed by atoms with E-state index in [2.05, 4.69) is 0 Å². The second-order valence-corrected chi connectivity index (χ2v) is 6.36. The molecule has 0 unspecified atom stereocenters. The predicted octanol–water partition coefficient (Wildman–Crippen LogP) is 2.38. The summed E-state index contributed by atoms with van der Waals surface area (Å²) in [6.07, 6.45) is 3.70. The van der Waals surface area contributed by atoms with E-state index in [-0.39, 0.29) is 11.2 Å². The van der Waals surface area contributed by atoms with Crippen LogP contribution in [0.3, 0.4) is 0 Å². The number of benzene rings is 1. The van der Waals surface area contributed by atoms with Gasteiger partial charge in [-0.25, -0.2) is 0 Å². The third-order valence-electron chi connectivity index (χ3n) is 4.02. The minimum Gasteiger partial charge on any atom is -0.493 e. The molecule has 0 N–H and O–H groups in total. The van der Waals surface area contributed by atoms with Gasteiger partial charge >= 0.3 is 0 Å². The highest BCUT2D eigenvalue weighted by Crippen LogP contribution is 2.32. The van der Waals surface area contributed by atoms with Crippen LogP contribution < -0.4 is 9.47 Å². The second kappa shape index (κ2) is 7.07. The topological polar surface area (TPSA) is 38.8 Å². The van der Waals surface area contributed by atoms with Gasteiger partial charge in [0.15, 0.2) is 11.5 Å². The van der Waals surface area contributed by atoms with Crippen LogP contribution in [0, 0.1) is 0 Å². The average Bonchev–Trinajstić information content (AvgIpc) is 2.73. The Labute approximate surface area is 130 Å². The molecular weight excluding hydrogens is 286 g/mol. The minimum absolute atomic E-state index is 0.0234. The predicted molar refractivity (Wildman–Crippen MR) is 86.5 cm³/mol. The van der Waals surface area contributed by atoms with E-state index in [1.54, 1.807) is 26.0 Å². The first-order valence-corrected chi connectivity index (χ1v) is 8.44. The van der Waals surface area contributed by atoms with Crippen LogP contribution in [0.4, 0.5) is 0 Å².